The summed E-state index contributed by atoms with van der Waals surface area (Å²) >= 11 is 5.22. The fourth-order valence-corrected chi connectivity index (χ4v) is 6.29. The maximum Gasteiger partial charge on any atom is 0.356 e. The molecule has 1 amide bonds. The van der Waals surface area contributed by atoms with Crippen molar-refractivity contribution in [1.29, 1.82) is 0 Å². The summed E-state index contributed by atoms with van der Waals surface area (Å²) < 4.78 is 7.91. The van der Waals surface area contributed by atoms with E-state index in [0.717, 1.165) is 60.7 Å². The molecule has 6 heteroatoms. The standard InChI is InChI=1S/C28H26BrN2O2S/c1-3-9-25-30-27-26(22-12-7-8-13-24(22)34-27)28(32)31(25,17-19-10-5-4-6-11-19)18-20-16-21(29)14-15-23(20)33-2/h4-8,10-16H,3,9,17-18H2,1-2H3/q+1. The molecular formula is C28H26BrN2O2S+. The lowest BCUT2D eigenvalue weighted by Gasteiger charge is -2.38. The van der Waals surface area contributed by atoms with Crippen molar-refractivity contribution in [3.05, 3.63) is 94.0 Å². The smallest absolute Gasteiger partial charge is 0.356 e. The lowest BCUT2D eigenvalue weighted by atomic mass is 10.0. The van der Waals surface area contributed by atoms with Crippen molar-refractivity contribution in [1.82, 2.24) is 0 Å². The van der Waals surface area contributed by atoms with Crippen LogP contribution in [-0.2, 0) is 13.1 Å². The van der Waals surface area contributed by atoms with E-state index >= 15 is 0 Å². The first-order valence-electron chi connectivity index (χ1n) is 11.4. The van der Waals surface area contributed by atoms with Crippen LogP contribution in [0, 0.1) is 0 Å². The lowest BCUT2D eigenvalue weighted by Crippen LogP contribution is -2.57. The molecule has 1 aliphatic rings. The third kappa shape index (κ3) is 4.00. The lowest BCUT2D eigenvalue weighted by molar-refractivity contribution is -0.788. The van der Waals surface area contributed by atoms with E-state index in [-0.39, 0.29) is 10.4 Å². The van der Waals surface area contributed by atoms with E-state index in [0.29, 0.717) is 13.1 Å². The van der Waals surface area contributed by atoms with E-state index < -0.39 is 0 Å². The van der Waals surface area contributed by atoms with Crippen LogP contribution < -0.4 is 4.74 Å². The van der Waals surface area contributed by atoms with Crippen molar-refractivity contribution >= 4 is 54.1 Å². The van der Waals surface area contributed by atoms with Crippen LogP contribution in [0.5, 0.6) is 5.75 Å². The van der Waals surface area contributed by atoms with Gasteiger partial charge in [-0.15, -0.1) is 11.3 Å². The van der Waals surface area contributed by atoms with Crippen LogP contribution in [0.1, 0.15) is 41.3 Å². The Labute approximate surface area is 212 Å². The topological polar surface area (TPSA) is 38.7 Å². The highest BCUT2D eigenvalue weighted by Gasteiger charge is 2.48. The molecule has 0 spiro atoms. The molecule has 0 radical (unpaired) electrons. The van der Waals surface area contributed by atoms with E-state index in [4.69, 9.17) is 9.73 Å². The number of quaternary nitrogens is 1. The number of amides is 1. The fourth-order valence-electron chi connectivity index (χ4n) is 4.79. The Bertz CT molecular complexity index is 1400. The second kappa shape index (κ2) is 9.45. The third-order valence-corrected chi connectivity index (χ3v) is 7.91. The summed E-state index contributed by atoms with van der Waals surface area (Å²) in [5.41, 5.74) is 2.83. The van der Waals surface area contributed by atoms with Crippen molar-refractivity contribution < 1.29 is 14.0 Å². The molecule has 2 heterocycles. The molecule has 3 aromatic carbocycles. The average Bonchev–Trinajstić information content (AvgIpc) is 3.21. The maximum atomic E-state index is 14.6. The Morgan fingerprint density at radius 1 is 1.00 bits per heavy atom. The van der Waals surface area contributed by atoms with E-state index in [9.17, 15) is 4.79 Å². The highest BCUT2D eigenvalue weighted by atomic mass is 79.9. The van der Waals surface area contributed by atoms with Crippen molar-refractivity contribution in [2.45, 2.75) is 32.9 Å². The van der Waals surface area contributed by atoms with Gasteiger partial charge in [-0.2, -0.15) is 4.99 Å². The maximum absolute atomic E-state index is 14.6. The number of hydrogen-bond acceptors (Lipinski definition) is 4. The summed E-state index contributed by atoms with van der Waals surface area (Å²) in [5.74, 6) is 1.80. The van der Waals surface area contributed by atoms with Crippen molar-refractivity contribution in [3.8, 4) is 5.75 Å². The number of thiophene rings is 1. The summed E-state index contributed by atoms with van der Waals surface area (Å²) in [6.45, 7) is 3.15. The molecule has 1 atom stereocenters. The number of rotatable bonds is 7. The Morgan fingerprint density at radius 2 is 1.76 bits per heavy atom. The molecule has 0 saturated carbocycles. The van der Waals surface area contributed by atoms with Crippen LogP contribution in [-0.4, -0.2) is 23.3 Å². The van der Waals surface area contributed by atoms with Crippen LogP contribution >= 0.6 is 27.3 Å². The second-order valence-corrected chi connectivity index (χ2v) is 10.5. The van der Waals surface area contributed by atoms with Gasteiger partial charge < -0.3 is 4.74 Å². The SMILES string of the molecule is CCCC1=Nc2sc3ccccc3c2C(=O)[N+]1(Cc1ccccc1)Cc1cc(Br)ccc1OC. The molecule has 0 fully saturated rings. The predicted octanol–water partition coefficient (Wildman–Crippen LogP) is 7.87. The van der Waals surface area contributed by atoms with Gasteiger partial charge in [-0.05, 0) is 30.7 Å². The molecule has 5 rings (SSSR count). The monoisotopic (exact) mass is 533 g/mol. The second-order valence-electron chi connectivity index (χ2n) is 8.59. The number of halogens is 1. The molecule has 1 unspecified atom stereocenters. The number of carbonyl (C=O) groups is 1. The fraction of sp³-hybridized carbons (Fsp3) is 0.214. The Morgan fingerprint density at radius 3 is 2.53 bits per heavy atom. The van der Waals surface area contributed by atoms with Crippen molar-refractivity contribution in [2.75, 3.05) is 7.11 Å². The minimum absolute atomic E-state index is 0.108. The number of methoxy groups -OCH3 is 1. The number of hydrogen-bond donors (Lipinski definition) is 0. The molecule has 1 aliphatic heterocycles. The highest BCUT2D eigenvalue weighted by molar-refractivity contribution is 9.10. The molecule has 0 aliphatic carbocycles. The first-order chi connectivity index (χ1) is 16.6. The number of carbonyl (C=O) groups excluding carboxylic acids is 1. The van der Waals surface area contributed by atoms with Crippen LogP contribution in [0.15, 0.2) is 82.3 Å². The first-order valence-corrected chi connectivity index (χ1v) is 13.0. The summed E-state index contributed by atoms with van der Waals surface area (Å²) in [7, 11) is 1.68. The normalized spacial score (nSPS) is 17.5. The number of aliphatic imine (C=N–C) groups is 1. The quantitative estimate of drug-likeness (QED) is 0.226. The molecule has 172 valence electrons. The zero-order valence-corrected chi connectivity index (χ0v) is 21.7. The molecule has 1 aromatic heterocycles. The van der Waals surface area contributed by atoms with Gasteiger partial charge in [-0.1, -0.05) is 71.4 Å². The Balaban J connectivity index is 1.75. The number of amidine groups is 1. The van der Waals surface area contributed by atoms with Crippen LogP contribution in [0.4, 0.5) is 5.00 Å². The summed E-state index contributed by atoms with van der Waals surface area (Å²) in [6, 6.07) is 24.4. The van der Waals surface area contributed by atoms with Gasteiger partial charge in [0.05, 0.1) is 12.7 Å². The van der Waals surface area contributed by atoms with Gasteiger partial charge in [0.25, 0.3) is 0 Å². The summed E-state index contributed by atoms with van der Waals surface area (Å²) in [5, 5.41) is 1.82. The summed E-state index contributed by atoms with van der Waals surface area (Å²) in [6.07, 6.45) is 1.67. The predicted molar refractivity (Wildman–Crippen MR) is 143 cm³/mol. The molecule has 0 saturated heterocycles. The highest BCUT2D eigenvalue weighted by Crippen LogP contribution is 2.45. The van der Waals surface area contributed by atoms with E-state index in [1.54, 1.807) is 18.4 Å². The number of ether oxygens (including phenoxy) is 1. The van der Waals surface area contributed by atoms with Crippen molar-refractivity contribution in [2.24, 2.45) is 4.99 Å². The van der Waals surface area contributed by atoms with Gasteiger partial charge in [0.15, 0.2) is 0 Å². The minimum Gasteiger partial charge on any atom is -0.496 e. The molecule has 4 aromatic rings. The zero-order chi connectivity index (χ0) is 23.7. The Hall–Kier alpha value is -2.80. The summed E-state index contributed by atoms with van der Waals surface area (Å²) in [4.78, 5) is 19.8. The van der Waals surface area contributed by atoms with Gasteiger partial charge in [0, 0.05) is 26.5 Å². The van der Waals surface area contributed by atoms with Gasteiger partial charge in [-0.3, -0.25) is 0 Å². The van der Waals surface area contributed by atoms with Gasteiger partial charge in [-0.25, -0.2) is 9.28 Å². The molecular weight excluding hydrogens is 508 g/mol. The number of fused-ring (bicyclic) bond motifs is 3. The van der Waals surface area contributed by atoms with E-state index in [2.05, 4.69) is 47.1 Å². The third-order valence-electron chi connectivity index (χ3n) is 6.36. The van der Waals surface area contributed by atoms with Gasteiger partial charge >= 0.3 is 5.91 Å². The van der Waals surface area contributed by atoms with Crippen molar-refractivity contribution in [3.63, 3.8) is 0 Å². The molecule has 34 heavy (non-hydrogen) atoms. The Kier molecular flexibility index (Phi) is 6.38. The van der Waals surface area contributed by atoms with Crippen LogP contribution in [0.3, 0.4) is 0 Å². The largest absolute Gasteiger partial charge is 0.496 e. The molecule has 0 N–H and O–H groups in total. The minimum atomic E-state index is 0.108. The van der Waals surface area contributed by atoms with Crippen LogP contribution in [0.25, 0.3) is 10.1 Å². The number of benzene rings is 3. The first kappa shape index (κ1) is 23.0. The van der Waals surface area contributed by atoms with Gasteiger partial charge in [0.2, 0.25) is 5.84 Å². The van der Waals surface area contributed by atoms with Gasteiger partial charge in [0.1, 0.15) is 29.4 Å². The zero-order valence-electron chi connectivity index (χ0n) is 19.3. The van der Waals surface area contributed by atoms with E-state index in [1.165, 1.54) is 0 Å². The van der Waals surface area contributed by atoms with Crippen LogP contribution in [0.2, 0.25) is 0 Å². The molecule has 4 nitrogen and oxygen atoms in total. The number of nitrogens with zero attached hydrogens (tertiary/aromatic N) is 2. The average molecular weight is 534 g/mol. The molecule has 0 bridgehead atoms. The van der Waals surface area contributed by atoms with E-state index in [1.807, 2.05) is 48.5 Å².